The lowest BCUT2D eigenvalue weighted by Gasteiger charge is -2.30. The molecule has 1 aromatic heterocycles. The zero-order valence-electron chi connectivity index (χ0n) is 14.4. The van der Waals surface area contributed by atoms with Gasteiger partial charge in [0.05, 0.1) is 0 Å². The summed E-state index contributed by atoms with van der Waals surface area (Å²) in [5.74, 6) is -0.207. The molecule has 5 heteroatoms. The van der Waals surface area contributed by atoms with Crippen molar-refractivity contribution in [3.05, 3.63) is 65.5 Å². The van der Waals surface area contributed by atoms with Crippen molar-refractivity contribution in [1.82, 2.24) is 15.6 Å². The molecular weight excluding hydrogens is 314 g/mol. The van der Waals surface area contributed by atoms with Gasteiger partial charge in [0, 0.05) is 23.8 Å². The Kier molecular flexibility index (Phi) is 5.43. The first kappa shape index (κ1) is 17.1. The molecule has 130 valence electrons. The van der Waals surface area contributed by atoms with Gasteiger partial charge in [-0.15, -0.1) is 0 Å². The van der Waals surface area contributed by atoms with Gasteiger partial charge in [-0.05, 0) is 56.9 Å². The molecule has 2 atom stereocenters. The van der Waals surface area contributed by atoms with Crippen molar-refractivity contribution >= 4 is 11.8 Å². The van der Waals surface area contributed by atoms with E-state index < -0.39 is 0 Å². The molecule has 25 heavy (non-hydrogen) atoms. The first-order chi connectivity index (χ1) is 12.1. The van der Waals surface area contributed by atoms with Gasteiger partial charge >= 0.3 is 0 Å². The van der Waals surface area contributed by atoms with Crippen molar-refractivity contribution < 1.29 is 9.59 Å². The van der Waals surface area contributed by atoms with Gasteiger partial charge in [-0.1, -0.05) is 23.8 Å². The quantitative estimate of drug-likeness (QED) is 0.901. The Morgan fingerprint density at radius 2 is 1.76 bits per heavy atom. The van der Waals surface area contributed by atoms with E-state index >= 15 is 0 Å². The van der Waals surface area contributed by atoms with Crippen molar-refractivity contribution in [3.8, 4) is 0 Å². The SMILES string of the molecule is Cc1cccc(C(=O)N[C@@H]2CCC[C@@H](NC(=O)c3ccccn3)C2)c1. The van der Waals surface area contributed by atoms with Crippen LogP contribution in [0.25, 0.3) is 0 Å². The number of nitrogens with zero attached hydrogens (tertiary/aromatic N) is 1. The van der Waals surface area contributed by atoms with Crippen LogP contribution in [0.2, 0.25) is 0 Å². The third-order valence-electron chi connectivity index (χ3n) is 4.52. The molecule has 0 radical (unpaired) electrons. The second-order valence-corrected chi connectivity index (χ2v) is 6.59. The van der Waals surface area contributed by atoms with Crippen molar-refractivity contribution in [1.29, 1.82) is 0 Å². The number of carbonyl (C=O) groups is 2. The largest absolute Gasteiger partial charge is 0.349 e. The summed E-state index contributed by atoms with van der Waals surface area (Å²) >= 11 is 0. The van der Waals surface area contributed by atoms with Crippen molar-refractivity contribution in [2.45, 2.75) is 44.7 Å². The molecule has 1 aromatic carbocycles. The minimum atomic E-state index is -0.156. The predicted octanol–water partition coefficient (Wildman–Crippen LogP) is 2.86. The lowest BCUT2D eigenvalue weighted by molar-refractivity contribution is 0.0900. The summed E-state index contributed by atoms with van der Waals surface area (Å²) < 4.78 is 0. The van der Waals surface area contributed by atoms with E-state index in [9.17, 15) is 9.59 Å². The molecule has 0 aliphatic heterocycles. The van der Waals surface area contributed by atoms with Crippen LogP contribution in [0.3, 0.4) is 0 Å². The Morgan fingerprint density at radius 3 is 2.44 bits per heavy atom. The van der Waals surface area contributed by atoms with Crippen LogP contribution in [0.4, 0.5) is 0 Å². The first-order valence-corrected chi connectivity index (χ1v) is 8.71. The fraction of sp³-hybridized carbons (Fsp3) is 0.350. The average molecular weight is 337 g/mol. The molecule has 0 bridgehead atoms. The number of aromatic nitrogens is 1. The highest BCUT2D eigenvalue weighted by molar-refractivity contribution is 5.94. The number of rotatable bonds is 4. The number of hydrogen-bond donors (Lipinski definition) is 2. The number of hydrogen-bond acceptors (Lipinski definition) is 3. The topological polar surface area (TPSA) is 71.1 Å². The summed E-state index contributed by atoms with van der Waals surface area (Å²) in [6.45, 7) is 1.97. The lowest BCUT2D eigenvalue weighted by Crippen LogP contribution is -2.45. The van der Waals surface area contributed by atoms with Gasteiger partial charge in [0.15, 0.2) is 0 Å². The van der Waals surface area contributed by atoms with Crippen LogP contribution in [0.1, 0.15) is 52.1 Å². The number of benzene rings is 1. The molecule has 1 aliphatic rings. The van der Waals surface area contributed by atoms with E-state index in [4.69, 9.17) is 0 Å². The van der Waals surface area contributed by atoms with Crippen LogP contribution in [-0.4, -0.2) is 28.9 Å². The average Bonchev–Trinajstić information content (AvgIpc) is 2.63. The van der Waals surface area contributed by atoms with Crippen LogP contribution in [0, 0.1) is 6.92 Å². The number of pyridine rings is 1. The van der Waals surface area contributed by atoms with Gasteiger partial charge in [0.25, 0.3) is 11.8 Å². The Hall–Kier alpha value is -2.69. The Labute approximate surface area is 147 Å². The van der Waals surface area contributed by atoms with Crippen LogP contribution in [-0.2, 0) is 0 Å². The molecule has 3 rings (SSSR count). The minimum Gasteiger partial charge on any atom is -0.349 e. The number of carbonyl (C=O) groups excluding carboxylic acids is 2. The van der Waals surface area contributed by atoms with Gasteiger partial charge in [-0.2, -0.15) is 0 Å². The number of nitrogens with one attached hydrogen (secondary N) is 2. The molecule has 0 saturated heterocycles. The highest BCUT2D eigenvalue weighted by Crippen LogP contribution is 2.19. The maximum atomic E-state index is 12.4. The van der Waals surface area contributed by atoms with Crippen LogP contribution in [0.15, 0.2) is 48.7 Å². The fourth-order valence-corrected chi connectivity index (χ4v) is 3.26. The number of aryl methyl sites for hydroxylation is 1. The molecule has 5 nitrogen and oxygen atoms in total. The van der Waals surface area contributed by atoms with Gasteiger partial charge in [-0.3, -0.25) is 14.6 Å². The van der Waals surface area contributed by atoms with Crippen LogP contribution >= 0.6 is 0 Å². The molecule has 1 saturated carbocycles. The zero-order chi connectivity index (χ0) is 17.6. The van der Waals surface area contributed by atoms with Gasteiger partial charge in [0.2, 0.25) is 0 Å². The Balaban J connectivity index is 1.56. The van der Waals surface area contributed by atoms with Gasteiger partial charge in [-0.25, -0.2) is 0 Å². The van der Waals surface area contributed by atoms with Crippen molar-refractivity contribution in [2.75, 3.05) is 0 Å². The molecule has 0 unspecified atom stereocenters. The third kappa shape index (κ3) is 4.66. The summed E-state index contributed by atoms with van der Waals surface area (Å²) in [5, 5.41) is 6.13. The summed E-state index contributed by atoms with van der Waals surface area (Å²) in [6.07, 6.45) is 5.20. The molecule has 0 spiro atoms. The second kappa shape index (κ2) is 7.92. The maximum absolute atomic E-state index is 12.4. The molecule has 2 N–H and O–H groups in total. The van der Waals surface area contributed by atoms with E-state index in [1.165, 1.54) is 0 Å². The van der Waals surface area contributed by atoms with Gasteiger partial charge in [0.1, 0.15) is 5.69 Å². The van der Waals surface area contributed by atoms with Crippen LogP contribution in [0.5, 0.6) is 0 Å². The van der Waals surface area contributed by atoms with E-state index in [-0.39, 0.29) is 23.9 Å². The molecular formula is C20H23N3O2. The fourth-order valence-electron chi connectivity index (χ4n) is 3.26. The van der Waals surface area contributed by atoms with E-state index in [1.54, 1.807) is 24.4 Å². The zero-order valence-corrected chi connectivity index (χ0v) is 14.4. The van der Waals surface area contributed by atoms with Crippen LogP contribution < -0.4 is 10.6 Å². The summed E-state index contributed by atoms with van der Waals surface area (Å²) in [6, 6.07) is 13.0. The summed E-state index contributed by atoms with van der Waals surface area (Å²) in [4.78, 5) is 28.7. The van der Waals surface area contributed by atoms with Crippen molar-refractivity contribution in [3.63, 3.8) is 0 Å². The Bertz CT molecular complexity index is 746. The molecule has 1 aliphatic carbocycles. The number of amides is 2. The minimum absolute atomic E-state index is 0.0506. The highest BCUT2D eigenvalue weighted by Gasteiger charge is 2.25. The third-order valence-corrected chi connectivity index (χ3v) is 4.52. The summed E-state index contributed by atoms with van der Waals surface area (Å²) in [7, 11) is 0. The standard InChI is InChI=1S/C20H23N3O2/c1-14-6-4-7-15(12-14)19(24)22-16-8-5-9-17(13-16)23-20(25)18-10-2-3-11-21-18/h2-4,6-7,10-12,16-17H,5,8-9,13H2,1H3,(H,22,24)(H,23,25)/t16-,17-/m1/s1. The van der Waals surface area contributed by atoms with Crippen molar-refractivity contribution in [2.24, 2.45) is 0 Å². The highest BCUT2D eigenvalue weighted by atomic mass is 16.2. The van der Waals surface area contributed by atoms with Gasteiger partial charge < -0.3 is 10.6 Å². The monoisotopic (exact) mass is 337 g/mol. The van der Waals surface area contributed by atoms with E-state index in [2.05, 4.69) is 15.6 Å². The predicted molar refractivity (Wildman–Crippen MR) is 96.4 cm³/mol. The molecule has 2 amide bonds. The van der Waals surface area contributed by atoms with E-state index in [1.807, 2.05) is 31.2 Å². The maximum Gasteiger partial charge on any atom is 0.270 e. The normalized spacial score (nSPS) is 19.9. The van der Waals surface area contributed by atoms with E-state index in [0.29, 0.717) is 11.3 Å². The Morgan fingerprint density at radius 1 is 1.00 bits per heavy atom. The second-order valence-electron chi connectivity index (χ2n) is 6.59. The van der Waals surface area contributed by atoms with E-state index in [0.717, 1.165) is 31.2 Å². The lowest BCUT2D eigenvalue weighted by atomic mass is 9.90. The molecule has 1 heterocycles. The molecule has 1 fully saturated rings. The summed E-state index contributed by atoms with van der Waals surface area (Å²) in [5.41, 5.74) is 2.17. The smallest absolute Gasteiger partial charge is 0.270 e. The molecule has 2 aromatic rings. The first-order valence-electron chi connectivity index (χ1n) is 8.71.